The van der Waals surface area contributed by atoms with E-state index in [9.17, 15) is 0 Å². The van der Waals surface area contributed by atoms with Gasteiger partial charge in [0.15, 0.2) is 0 Å². The number of fused-ring (bicyclic) bond motifs is 4. The zero-order valence-corrected chi connectivity index (χ0v) is 45.5. The fraction of sp³-hybridized carbons (Fsp3) is 0.538. The summed E-state index contributed by atoms with van der Waals surface area (Å²) in [6.07, 6.45) is 9.56. The Labute approximate surface area is 408 Å². The van der Waals surface area contributed by atoms with Gasteiger partial charge in [-0.05, 0) is 231 Å². The van der Waals surface area contributed by atoms with Crippen LogP contribution >= 0.6 is 0 Å². The predicted molar refractivity (Wildman–Crippen MR) is 292 cm³/mol. The van der Waals surface area contributed by atoms with Crippen LogP contribution in [0.15, 0.2) is 72.8 Å². The average molecular weight is 895 g/mol. The van der Waals surface area contributed by atoms with E-state index in [1.807, 2.05) is 0 Å². The molecule has 0 aliphatic heterocycles. The fourth-order valence-electron chi connectivity index (χ4n) is 13.2. The molecule has 0 fully saturated rings. The second-order valence-corrected chi connectivity index (χ2v) is 27.6. The van der Waals surface area contributed by atoms with Gasteiger partial charge in [-0.25, -0.2) is 0 Å². The van der Waals surface area contributed by atoms with Crippen molar-refractivity contribution in [2.75, 3.05) is 10.2 Å². The van der Waals surface area contributed by atoms with Gasteiger partial charge < -0.3 is 10.2 Å². The summed E-state index contributed by atoms with van der Waals surface area (Å²) in [7, 11) is 0. The maximum absolute atomic E-state index is 4.16. The van der Waals surface area contributed by atoms with Gasteiger partial charge in [0.25, 0.3) is 0 Å². The fourth-order valence-corrected chi connectivity index (χ4v) is 13.2. The summed E-state index contributed by atoms with van der Waals surface area (Å²) in [5.41, 5.74) is 25.6. The lowest BCUT2D eigenvalue weighted by atomic mass is 9.62. The standard InChI is InChI=1S/C65H86N2/c1-40-32-45(46-37-52-53(64(16,17)30-29-63(52,14)15)38-55(46)66-43-20-22-47-50(35-43)61(10,11)26-24-58(47,4)5)42(3)57(33-40)67(44-21-23-48-51(36-44)62(12,13)27-25-59(48,6)7)56-39-54-49(34-41(56)2)60(8,9)28-31-65(54,18)19/h20-23,32-39,66H,24-31H2,1-19H3. The van der Waals surface area contributed by atoms with Crippen molar-refractivity contribution in [2.45, 2.75) is 226 Å². The maximum atomic E-state index is 4.16. The third-order valence-corrected chi connectivity index (χ3v) is 18.7. The van der Waals surface area contributed by atoms with Crippen molar-refractivity contribution in [3.8, 4) is 11.1 Å². The largest absolute Gasteiger partial charge is 0.355 e. The van der Waals surface area contributed by atoms with E-state index in [1.54, 1.807) is 0 Å². The Hall–Kier alpha value is -4.30. The molecule has 2 nitrogen and oxygen atoms in total. The van der Waals surface area contributed by atoms with Crippen LogP contribution in [0.25, 0.3) is 11.1 Å². The van der Waals surface area contributed by atoms with Crippen LogP contribution in [0.1, 0.15) is 223 Å². The van der Waals surface area contributed by atoms with Crippen LogP contribution in [0, 0.1) is 20.8 Å². The number of nitrogens with one attached hydrogen (secondary N) is 1. The van der Waals surface area contributed by atoms with Crippen molar-refractivity contribution in [3.05, 3.63) is 134 Å². The Morgan fingerprint density at radius 3 is 1.27 bits per heavy atom. The second-order valence-electron chi connectivity index (χ2n) is 27.6. The number of hydrogen-bond donors (Lipinski definition) is 1. The smallest absolute Gasteiger partial charge is 0.0499 e. The van der Waals surface area contributed by atoms with Gasteiger partial charge in [-0.15, -0.1) is 0 Å². The van der Waals surface area contributed by atoms with Crippen LogP contribution in [0.4, 0.5) is 28.4 Å². The van der Waals surface area contributed by atoms with Crippen LogP contribution < -0.4 is 10.2 Å². The molecule has 0 atom stereocenters. The maximum Gasteiger partial charge on any atom is 0.0499 e. The molecule has 5 aromatic carbocycles. The summed E-state index contributed by atoms with van der Waals surface area (Å²) in [5.74, 6) is 0. The summed E-state index contributed by atoms with van der Waals surface area (Å²) < 4.78 is 0. The molecule has 0 aromatic heterocycles. The van der Waals surface area contributed by atoms with Crippen LogP contribution in [0.3, 0.4) is 0 Å². The SMILES string of the molecule is Cc1cc(-c2cc3c(cc2Nc2ccc4c(c2)C(C)(C)CCC4(C)C)C(C)(C)CCC3(C)C)c(C)c(N(c2ccc3c(c2)C(C)(C)CCC3(C)C)c2cc3c(cc2C)C(C)(C)CCC3(C)C)c1. The Morgan fingerprint density at radius 1 is 0.358 bits per heavy atom. The van der Waals surface area contributed by atoms with Crippen molar-refractivity contribution >= 4 is 28.4 Å². The zero-order valence-electron chi connectivity index (χ0n) is 45.5. The molecular formula is C65H86N2. The van der Waals surface area contributed by atoms with Crippen molar-refractivity contribution < 1.29 is 0 Å². The van der Waals surface area contributed by atoms with E-state index in [4.69, 9.17) is 0 Å². The molecule has 0 saturated heterocycles. The molecule has 0 amide bonds. The molecule has 4 aliphatic carbocycles. The molecule has 0 heterocycles. The second kappa shape index (κ2) is 15.3. The Kier molecular flexibility index (Phi) is 10.9. The number of anilines is 5. The molecule has 9 rings (SSSR count). The third kappa shape index (κ3) is 8.01. The highest BCUT2D eigenvalue weighted by molar-refractivity contribution is 5.91. The lowest BCUT2D eigenvalue weighted by Crippen LogP contribution is -2.34. The van der Waals surface area contributed by atoms with Gasteiger partial charge in [-0.2, -0.15) is 0 Å². The van der Waals surface area contributed by atoms with Crippen molar-refractivity contribution in [3.63, 3.8) is 0 Å². The van der Waals surface area contributed by atoms with Gasteiger partial charge in [0.05, 0.1) is 0 Å². The number of rotatable bonds is 6. The van der Waals surface area contributed by atoms with Crippen molar-refractivity contribution in [1.29, 1.82) is 0 Å². The number of hydrogen-bond acceptors (Lipinski definition) is 2. The van der Waals surface area contributed by atoms with E-state index in [0.717, 1.165) is 0 Å². The zero-order chi connectivity index (χ0) is 48.8. The minimum absolute atomic E-state index is 0.0662. The molecule has 0 saturated carbocycles. The molecule has 0 bridgehead atoms. The highest BCUT2D eigenvalue weighted by Crippen LogP contribution is 2.55. The minimum Gasteiger partial charge on any atom is -0.355 e. The summed E-state index contributed by atoms with van der Waals surface area (Å²) in [5, 5.41) is 4.16. The Morgan fingerprint density at radius 2 is 0.761 bits per heavy atom. The van der Waals surface area contributed by atoms with Crippen LogP contribution in [0.5, 0.6) is 0 Å². The quantitative estimate of drug-likeness (QED) is 0.183. The first-order valence-corrected chi connectivity index (χ1v) is 26.2. The molecule has 2 heteroatoms. The topological polar surface area (TPSA) is 15.3 Å². The molecule has 0 spiro atoms. The van der Waals surface area contributed by atoms with E-state index in [-0.39, 0.29) is 43.3 Å². The van der Waals surface area contributed by atoms with Gasteiger partial charge in [-0.1, -0.05) is 135 Å². The number of benzene rings is 5. The third-order valence-electron chi connectivity index (χ3n) is 18.7. The first-order chi connectivity index (χ1) is 30.9. The van der Waals surface area contributed by atoms with Crippen molar-refractivity contribution in [2.24, 2.45) is 0 Å². The summed E-state index contributed by atoms with van der Waals surface area (Å²) in [6.45, 7) is 46.4. The van der Waals surface area contributed by atoms with E-state index < -0.39 is 0 Å². The summed E-state index contributed by atoms with van der Waals surface area (Å²) in [4.78, 5) is 2.67. The molecule has 0 radical (unpaired) electrons. The van der Waals surface area contributed by atoms with Crippen LogP contribution in [-0.2, 0) is 43.3 Å². The number of aryl methyl sites for hydroxylation is 2. The van der Waals surface area contributed by atoms with Gasteiger partial charge >= 0.3 is 0 Å². The molecule has 67 heavy (non-hydrogen) atoms. The van der Waals surface area contributed by atoms with E-state index in [1.165, 1.54) is 152 Å². The first-order valence-electron chi connectivity index (χ1n) is 26.2. The highest BCUT2D eigenvalue weighted by atomic mass is 15.1. The van der Waals surface area contributed by atoms with Crippen LogP contribution in [-0.4, -0.2) is 0 Å². The highest BCUT2D eigenvalue weighted by Gasteiger charge is 2.42. The minimum atomic E-state index is 0.0662. The number of nitrogens with zero attached hydrogens (tertiary/aromatic N) is 1. The predicted octanol–water partition coefficient (Wildman–Crippen LogP) is 18.9. The molecule has 5 aromatic rings. The molecule has 1 N–H and O–H groups in total. The van der Waals surface area contributed by atoms with E-state index in [2.05, 4.69) is 215 Å². The van der Waals surface area contributed by atoms with Gasteiger partial charge in [0.2, 0.25) is 0 Å². The lowest BCUT2D eigenvalue weighted by molar-refractivity contribution is 0.331. The lowest BCUT2D eigenvalue weighted by Gasteiger charge is -2.44. The molecule has 356 valence electrons. The molecule has 4 aliphatic rings. The summed E-state index contributed by atoms with van der Waals surface area (Å²) >= 11 is 0. The average Bonchev–Trinajstić information content (AvgIpc) is 3.23. The molecule has 0 unspecified atom stereocenters. The van der Waals surface area contributed by atoms with Crippen molar-refractivity contribution in [1.82, 2.24) is 0 Å². The van der Waals surface area contributed by atoms with Gasteiger partial charge in [0.1, 0.15) is 0 Å². The Bertz CT molecular complexity index is 2810. The Balaban J connectivity index is 1.31. The van der Waals surface area contributed by atoms with E-state index >= 15 is 0 Å². The normalized spacial score (nSPS) is 21.8. The summed E-state index contributed by atoms with van der Waals surface area (Å²) in [6, 6.07) is 30.1. The monoisotopic (exact) mass is 895 g/mol. The van der Waals surface area contributed by atoms with Gasteiger partial charge in [0, 0.05) is 34.0 Å². The first kappa shape index (κ1) is 47.8. The van der Waals surface area contributed by atoms with Gasteiger partial charge in [-0.3, -0.25) is 0 Å². The molecular weight excluding hydrogens is 809 g/mol. The van der Waals surface area contributed by atoms with Crippen LogP contribution in [0.2, 0.25) is 0 Å². The van der Waals surface area contributed by atoms with E-state index in [0.29, 0.717) is 0 Å².